The maximum atomic E-state index is 5.90. The summed E-state index contributed by atoms with van der Waals surface area (Å²) in [6.45, 7) is 3.91. The fourth-order valence-corrected chi connectivity index (χ4v) is 1.38. The van der Waals surface area contributed by atoms with Crippen LogP contribution in [0.15, 0.2) is 24.3 Å². The molecule has 0 bridgehead atoms. The Hall–Kier alpha value is -1.35. The van der Waals surface area contributed by atoms with Gasteiger partial charge in [0.25, 0.3) is 0 Å². The largest absolute Gasteiger partial charge is 0.261 e. The fourth-order valence-electron chi connectivity index (χ4n) is 1.28. The van der Waals surface area contributed by atoms with Crippen LogP contribution in [-0.2, 0) is 0 Å². The molecular formula is C11H12ClN3. The molecule has 0 aliphatic rings. The summed E-state index contributed by atoms with van der Waals surface area (Å²) in [6, 6.07) is 8.08. The molecule has 1 aromatic carbocycles. The quantitative estimate of drug-likeness (QED) is 0.792. The predicted octanol–water partition coefficient (Wildman–Crippen LogP) is 3.08. The molecule has 15 heavy (non-hydrogen) atoms. The van der Waals surface area contributed by atoms with Crippen LogP contribution in [-0.4, -0.2) is 15.2 Å². The minimum absolute atomic E-state index is 0.142. The predicted molar refractivity (Wildman–Crippen MR) is 60.8 cm³/mol. The lowest BCUT2D eigenvalue weighted by molar-refractivity contribution is 0.918. The van der Waals surface area contributed by atoms with E-state index in [4.69, 9.17) is 11.6 Å². The number of aromatic amines is 1. The summed E-state index contributed by atoms with van der Waals surface area (Å²) in [7, 11) is 0. The number of nitrogens with one attached hydrogen (secondary N) is 1. The molecule has 0 aliphatic heterocycles. The van der Waals surface area contributed by atoms with E-state index in [1.54, 1.807) is 0 Å². The molecule has 1 unspecified atom stereocenters. The Labute approximate surface area is 93.5 Å². The van der Waals surface area contributed by atoms with E-state index in [9.17, 15) is 0 Å². The molecule has 1 atom stereocenters. The molecule has 0 fully saturated rings. The van der Waals surface area contributed by atoms with Gasteiger partial charge in [0.2, 0.25) is 0 Å². The van der Waals surface area contributed by atoms with Crippen LogP contribution >= 0.6 is 11.6 Å². The number of halogens is 1. The summed E-state index contributed by atoms with van der Waals surface area (Å²) in [6.07, 6.45) is 0. The van der Waals surface area contributed by atoms with Crippen LogP contribution in [0.25, 0.3) is 11.4 Å². The molecule has 0 amide bonds. The van der Waals surface area contributed by atoms with E-state index in [0.717, 1.165) is 5.56 Å². The van der Waals surface area contributed by atoms with E-state index < -0.39 is 0 Å². The first-order valence-electron chi connectivity index (χ1n) is 4.80. The molecule has 2 rings (SSSR count). The summed E-state index contributed by atoms with van der Waals surface area (Å²) in [5, 5.41) is 6.80. The Morgan fingerprint density at radius 2 is 1.93 bits per heavy atom. The minimum atomic E-state index is -0.142. The molecule has 1 aromatic heterocycles. The van der Waals surface area contributed by atoms with E-state index in [-0.39, 0.29) is 5.38 Å². The number of alkyl halides is 1. The van der Waals surface area contributed by atoms with E-state index in [1.807, 2.05) is 38.1 Å². The van der Waals surface area contributed by atoms with Crippen molar-refractivity contribution in [3.8, 4) is 11.4 Å². The third kappa shape index (κ3) is 2.18. The highest BCUT2D eigenvalue weighted by Gasteiger charge is 2.09. The summed E-state index contributed by atoms with van der Waals surface area (Å²) in [4.78, 5) is 4.31. The van der Waals surface area contributed by atoms with Gasteiger partial charge in [-0.1, -0.05) is 29.8 Å². The van der Waals surface area contributed by atoms with Crippen molar-refractivity contribution >= 4 is 11.6 Å². The van der Waals surface area contributed by atoms with Crippen LogP contribution < -0.4 is 0 Å². The van der Waals surface area contributed by atoms with Gasteiger partial charge in [0.15, 0.2) is 5.82 Å². The van der Waals surface area contributed by atoms with Crippen LogP contribution in [0.1, 0.15) is 23.7 Å². The second-order valence-electron chi connectivity index (χ2n) is 3.53. The second-order valence-corrected chi connectivity index (χ2v) is 4.18. The molecule has 0 saturated heterocycles. The SMILES string of the molecule is Cc1ccc(-c2n[nH]c(C(C)Cl)n2)cc1. The van der Waals surface area contributed by atoms with Gasteiger partial charge in [-0.15, -0.1) is 11.6 Å². The molecule has 78 valence electrons. The van der Waals surface area contributed by atoms with Crippen molar-refractivity contribution in [1.82, 2.24) is 15.2 Å². The highest BCUT2D eigenvalue weighted by Crippen LogP contribution is 2.19. The van der Waals surface area contributed by atoms with Crippen LogP contribution in [0.2, 0.25) is 0 Å². The Kier molecular flexibility index (Phi) is 2.73. The zero-order valence-corrected chi connectivity index (χ0v) is 9.42. The fraction of sp³-hybridized carbons (Fsp3) is 0.273. The van der Waals surface area contributed by atoms with Crippen molar-refractivity contribution in [2.75, 3.05) is 0 Å². The van der Waals surface area contributed by atoms with Gasteiger partial charge in [-0.05, 0) is 13.8 Å². The van der Waals surface area contributed by atoms with E-state index in [0.29, 0.717) is 11.6 Å². The van der Waals surface area contributed by atoms with Crippen molar-refractivity contribution < 1.29 is 0 Å². The number of rotatable bonds is 2. The van der Waals surface area contributed by atoms with Gasteiger partial charge in [0.1, 0.15) is 5.82 Å². The lowest BCUT2D eigenvalue weighted by Crippen LogP contribution is -1.86. The lowest BCUT2D eigenvalue weighted by Gasteiger charge is -1.96. The molecule has 3 nitrogen and oxygen atoms in total. The minimum Gasteiger partial charge on any atom is -0.261 e. The number of nitrogens with zero attached hydrogens (tertiary/aromatic N) is 2. The average Bonchev–Trinajstić information content (AvgIpc) is 2.68. The summed E-state index contributed by atoms with van der Waals surface area (Å²) in [5.74, 6) is 1.39. The number of hydrogen-bond donors (Lipinski definition) is 1. The topological polar surface area (TPSA) is 41.6 Å². The monoisotopic (exact) mass is 221 g/mol. The maximum absolute atomic E-state index is 5.90. The van der Waals surface area contributed by atoms with Gasteiger partial charge >= 0.3 is 0 Å². The van der Waals surface area contributed by atoms with Crippen molar-refractivity contribution in [3.05, 3.63) is 35.7 Å². The summed E-state index contributed by atoms with van der Waals surface area (Å²) in [5.41, 5.74) is 2.22. The average molecular weight is 222 g/mol. The summed E-state index contributed by atoms with van der Waals surface area (Å²) >= 11 is 5.90. The zero-order valence-electron chi connectivity index (χ0n) is 8.66. The van der Waals surface area contributed by atoms with Crippen molar-refractivity contribution in [3.63, 3.8) is 0 Å². The normalized spacial score (nSPS) is 12.7. The highest BCUT2D eigenvalue weighted by atomic mass is 35.5. The molecule has 4 heteroatoms. The third-order valence-electron chi connectivity index (χ3n) is 2.19. The first-order chi connectivity index (χ1) is 7.16. The third-order valence-corrected chi connectivity index (χ3v) is 2.40. The number of H-pyrrole nitrogens is 1. The van der Waals surface area contributed by atoms with Crippen molar-refractivity contribution in [2.45, 2.75) is 19.2 Å². The molecule has 1 N–H and O–H groups in total. The van der Waals surface area contributed by atoms with Gasteiger partial charge in [0.05, 0.1) is 5.38 Å². The standard InChI is InChI=1S/C11H12ClN3/c1-7-3-5-9(6-4-7)11-13-10(8(2)12)14-15-11/h3-6,8H,1-2H3,(H,13,14,15). The molecular weight excluding hydrogens is 210 g/mol. The van der Waals surface area contributed by atoms with E-state index >= 15 is 0 Å². The Balaban J connectivity index is 2.33. The molecule has 2 aromatic rings. The molecule has 1 heterocycles. The van der Waals surface area contributed by atoms with Gasteiger partial charge in [-0.2, -0.15) is 5.10 Å². The number of aromatic nitrogens is 3. The van der Waals surface area contributed by atoms with Gasteiger partial charge in [-0.3, -0.25) is 5.10 Å². The highest BCUT2D eigenvalue weighted by molar-refractivity contribution is 6.20. The van der Waals surface area contributed by atoms with Crippen LogP contribution in [0, 0.1) is 6.92 Å². The molecule has 0 radical (unpaired) electrons. The van der Waals surface area contributed by atoms with E-state index in [2.05, 4.69) is 15.2 Å². The molecule has 0 saturated carbocycles. The molecule has 0 spiro atoms. The van der Waals surface area contributed by atoms with Gasteiger partial charge < -0.3 is 0 Å². The smallest absolute Gasteiger partial charge is 0.181 e. The Morgan fingerprint density at radius 3 is 2.47 bits per heavy atom. The molecule has 0 aliphatic carbocycles. The van der Waals surface area contributed by atoms with Crippen LogP contribution in [0.5, 0.6) is 0 Å². The van der Waals surface area contributed by atoms with Crippen molar-refractivity contribution in [1.29, 1.82) is 0 Å². The van der Waals surface area contributed by atoms with Crippen molar-refractivity contribution in [2.24, 2.45) is 0 Å². The van der Waals surface area contributed by atoms with Gasteiger partial charge in [-0.25, -0.2) is 4.98 Å². The first-order valence-corrected chi connectivity index (χ1v) is 5.24. The Morgan fingerprint density at radius 1 is 1.27 bits per heavy atom. The van der Waals surface area contributed by atoms with E-state index in [1.165, 1.54) is 5.56 Å². The first kappa shape index (κ1) is 10.2. The number of benzene rings is 1. The maximum Gasteiger partial charge on any atom is 0.181 e. The van der Waals surface area contributed by atoms with Crippen LogP contribution in [0.4, 0.5) is 0 Å². The number of aryl methyl sites for hydroxylation is 1. The second kappa shape index (κ2) is 4.03. The lowest BCUT2D eigenvalue weighted by atomic mass is 10.1. The van der Waals surface area contributed by atoms with Gasteiger partial charge in [0, 0.05) is 5.56 Å². The zero-order chi connectivity index (χ0) is 10.8. The summed E-state index contributed by atoms with van der Waals surface area (Å²) < 4.78 is 0. The Bertz CT molecular complexity index is 445. The number of hydrogen-bond acceptors (Lipinski definition) is 2. The van der Waals surface area contributed by atoms with Crippen LogP contribution in [0.3, 0.4) is 0 Å².